The predicted molar refractivity (Wildman–Crippen MR) is 439 cm³/mol. The van der Waals surface area contributed by atoms with Crippen LogP contribution < -0.4 is 65.5 Å². The monoisotopic (exact) mass is 1710 g/mol. The molecule has 8 rings (SSSR count). The smallest absolute Gasteiger partial charge is 0.350 e. The Hall–Kier alpha value is -10.8. The molecule has 1 aliphatic heterocycles. The Labute approximate surface area is 702 Å². The normalized spacial score (nSPS) is 23.1. The number of fused-ring (bicyclic) bond motifs is 5. The fourth-order valence-corrected chi connectivity index (χ4v) is 17.3. The van der Waals surface area contributed by atoms with Gasteiger partial charge >= 0.3 is 29.8 Å². The Balaban J connectivity index is 1.07. The van der Waals surface area contributed by atoms with E-state index in [4.69, 9.17) is 62.2 Å². The SMILES string of the molecule is CNC(=O)[C@H](CCCCN)NC(=O)[C@H](CCSC)NC(=O)[C@H](CCCNC(=N)N)NC(=O)[C@H](CCCNC(=N)N)NC(=O)C(N)CSc1cc(O)n(CCC(=O)O[C@@H](C(=O)O[C@H]2C[C@@]3(O)[C@@H](OC(=O)c4ccccc4)C4[C@](C)(C(=O)[C@H](OC(C)=O)C(=C2C)C3(C)C)[C@@H](O)C[C@H]2OC[C@@]42OC(C)=O)[C@@H](NC(=O)c2ccccc2)c2ccccc2)c1O. The number of aliphatic hydroxyl groups excluding tert-OH is 1. The topological polar surface area (TPSA) is 594 Å². The number of rotatable bonds is 41. The Morgan fingerprint density at radius 3 is 1.77 bits per heavy atom. The van der Waals surface area contributed by atoms with Gasteiger partial charge in [-0.05, 0) is 125 Å². The highest BCUT2D eigenvalue weighted by Crippen LogP contribution is 2.64. The van der Waals surface area contributed by atoms with Gasteiger partial charge in [-0.2, -0.15) is 11.8 Å². The average Bonchev–Trinajstić information content (AvgIpc) is 0.682. The van der Waals surface area contributed by atoms with Crippen molar-refractivity contribution in [1.82, 2.24) is 47.1 Å². The van der Waals surface area contributed by atoms with Crippen LogP contribution in [0, 0.1) is 27.6 Å². The minimum atomic E-state index is -2.62. The number of unbranched alkanes of at least 4 members (excludes halogenated alkanes) is 1. The Morgan fingerprint density at radius 1 is 0.708 bits per heavy atom. The number of ether oxygens (including phenoxy) is 6. The van der Waals surface area contributed by atoms with Crippen molar-refractivity contribution < 1.29 is 106 Å². The van der Waals surface area contributed by atoms with E-state index in [1.807, 2.05) is 0 Å². The zero-order valence-corrected chi connectivity index (χ0v) is 69.8. The number of guanidine groups is 2. The van der Waals surface area contributed by atoms with Gasteiger partial charge < -0.3 is 114 Å². The summed E-state index contributed by atoms with van der Waals surface area (Å²) in [5.41, 5.74) is 14.7. The van der Waals surface area contributed by atoms with Crippen LogP contribution in [0.25, 0.3) is 0 Å². The second-order valence-electron chi connectivity index (χ2n) is 30.7. The van der Waals surface area contributed by atoms with Crippen LogP contribution in [0.2, 0.25) is 0 Å². The van der Waals surface area contributed by atoms with Crippen LogP contribution in [0.3, 0.4) is 0 Å². The summed E-state index contributed by atoms with van der Waals surface area (Å²) in [6, 6.07) is 16.2. The molecular weight excluding hydrogens is 1600 g/mol. The van der Waals surface area contributed by atoms with Gasteiger partial charge in [0.2, 0.25) is 41.5 Å². The summed E-state index contributed by atoms with van der Waals surface area (Å²) in [7, 11) is 1.42. The Kier molecular flexibility index (Phi) is 33.4. The molecule has 3 aromatic carbocycles. The van der Waals surface area contributed by atoms with E-state index in [2.05, 4.69) is 42.5 Å². The molecule has 0 spiro atoms. The van der Waals surface area contributed by atoms with Crippen molar-refractivity contribution in [3.63, 3.8) is 0 Å². The number of likely N-dealkylation sites (N-methyl/N-ethyl adjacent to an activating group) is 1. The van der Waals surface area contributed by atoms with E-state index in [1.54, 1.807) is 60.9 Å². The summed E-state index contributed by atoms with van der Waals surface area (Å²) in [6.07, 6.45) is -9.34. The summed E-state index contributed by atoms with van der Waals surface area (Å²) in [6.45, 7) is 7.36. The van der Waals surface area contributed by atoms with Crippen molar-refractivity contribution in [2.75, 3.05) is 51.1 Å². The van der Waals surface area contributed by atoms with Crippen LogP contribution in [0.15, 0.2) is 113 Å². The van der Waals surface area contributed by atoms with E-state index in [1.165, 1.54) is 82.9 Å². The third kappa shape index (κ3) is 22.6. The number of thioether (sulfide) groups is 2. The lowest BCUT2D eigenvalue weighted by Gasteiger charge is -2.67. The summed E-state index contributed by atoms with van der Waals surface area (Å²) in [5.74, 6) is -14.7. The van der Waals surface area contributed by atoms with Gasteiger partial charge in [0.05, 0.1) is 47.0 Å². The molecule has 0 radical (unpaired) electrons. The van der Waals surface area contributed by atoms with Crippen LogP contribution >= 0.6 is 23.5 Å². The first-order valence-electron chi connectivity index (χ1n) is 39.4. The highest BCUT2D eigenvalue weighted by Gasteiger charge is 2.78. The van der Waals surface area contributed by atoms with Crippen LogP contribution in [-0.2, 0) is 82.9 Å². The van der Waals surface area contributed by atoms with E-state index >= 15 is 9.59 Å². The van der Waals surface area contributed by atoms with Crippen molar-refractivity contribution in [2.45, 2.75) is 208 Å². The number of carbonyl (C=O) groups is 12. The van der Waals surface area contributed by atoms with Crippen molar-refractivity contribution >= 4 is 107 Å². The summed E-state index contributed by atoms with van der Waals surface area (Å²) in [4.78, 5) is 172. The quantitative estimate of drug-likeness (QED) is 0.00563. The molecule has 22 N–H and O–H groups in total. The maximum Gasteiger partial charge on any atom is 0.350 e. The molecular formula is C81H111N15O22S2. The molecule has 6 amide bonds. The molecule has 39 heteroatoms. The van der Waals surface area contributed by atoms with Gasteiger partial charge in [-0.1, -0.05) is 80.6 Å². The Morgan fingerprint density at radius 2 is 1.25 bits per heavy atom. The number of Topliss-reactive ketones (excluding diaryl/α,β-unsaturated/α-hetero) is 1. The van der Waals surface area contributed by atoms with Crippen molar-refractivity contribution in [1.29, 1.82) is 10.8 Å². The highest BCUT2D eigenvalue weighted by atomic mass is 32.2. The number of amides is 6. The number of nitrogens with zero attached hydrogens (tertiary/aromatic N) is 1. The number of nitrogens with two attached hydrogens (primary N) is 4. The lowest BCUT2D eigenvalue weighted by atomic mass is 9.44. The van der Waals surface area contributed by atoms with Crippen LogP contribution in [0.5, 0.6) is 11.8 Å². The number of aromatic hydroxyl groups is 2. The highest BCUT2D eigenvalue weighted by molar-refractivity contribution is 7.99. The van der Waals surface area contributed by atoms with E-state index in [9.17, 15) is 68.4 Å². The third-order valence-corrected chi connectivity index (χ3v) is 24.1. The van der Waals surface area contributed by atoms with E-state index in [-0.39, 0.29) is 108 Å². The number of nitrogens with one attached hydrogen (secondary N) is 10. The molecule has 37 nitrogen and oxygen atoms in total. The number of hydrogen-bond acceptors (Lipinski definition) is 28. The van der Waals surface area contributed by atoms with Gasteiger partial charge in [0.1, 0.15) is 54.1 Å². The maximum atomic E-state index is 16.1. The lowest BCUT2D eigenvalue weighted by molar-refractivity contribution is -0.346. The number of benzene rings is 3. The van der Waals surface area contributed by atoms with Crippen molar-refractivity contribution in [2.24, 2.45) is 39.7 Å². The van der Waals surface area contributed by atoms with Crippen molar-refractivity contribution in [3.05, 3.63) is 125 Å². The fourth-order valence-electron chi connectivity index (χ4n) is 15.9. The number of hydrogen-bond donors (Lipinski definition) is 18. The van der Waals surface area contributed by atoms with Gasteiger partial charge in [0.15, 0.2) is 35.3 Å². The van der Waals surface area contributed by atoms with Gasteiger partial charge in [-0.15, -0.1) is 11.8 Å². The number of aromatic nitrogens is 1. The Bertz CT molecular complexity index is 4410. The molecule has 4 aliphatic rings. The van der Waals surface area contributed by atoms with E-state index < -0.39 is 210 Å². The lowest BCUT2D eigenvalue weighted by Crippen LogP contribution is -2.82. The maximum absolute atomic E-state index is 16.1. The molecule has 654 valence electrons. The molecule has 2 unspecified atom stereocenters. The molecule has 2 heterocycles. The number of aliphatic hydroxyl groups is 2. The third-order valence-electron chi connectivity index (χ3n) is 22.3. The number of esters is 5. The first-order chi connectivity index (χ1) is 56.9. The molecule has 4 aromatic rings. The molecule has 1 aromatic heterocycles. The minimum absolute atomic E-state index is 0.00543. The average molecular weight is 1710 g/mol. The standard InChI is InChI=1S/C81H111N15O22S2/c1-43-54(40-81(112)66(117-74(110)48-26-16-11-17-27-48)64-79(6,56(99)39-57-80(64,42-113-57)118-45(3)98)65(102)62(114-44(2)97)60(43)78(81,4)5)115-75(111)63(61(46-22-12-9-13-23-46)95-67(103)47-24-14-10-15-25-47)116-59(101)31-36-96-58(100)38-55(73(96)109)120-41-49(83)68(104)91-51(29-20-34-89-76(84)85)70(106)93-52(30-21-35-90-77(86)87)71(107)94-53(32-37-119-8)72(108)92-50(69(105)88-7)28-18-19-33-82/h9-17,22-27,38,49-54,56-57,61-64,66,99-100,109,112H,18-21,28-37,39-42,82-83H2,1-8H3,(H,88,105)(H,91,104)(H,92,108)(H,93,106)(H,94,107)(H,95,103)(H4,84,85,89)(H4,86,87,90)/t49?,50-,51-,52-,53-,54-,56-,57+,61-,62+,63+,64?,66-,79+,80-,81+/m0/s1. The zero-order valence-electron chi connectivity index (χ0n) is 68.2. The van der Waals surface area contributed by atoms with Gasteiger partial charge in [-0.25, -0.2) is 9.59 Å². The largest absolute Gasteiger partial charge is 0.494 e. The predicted octanol–water partition coefficient (Wildman–Crippen LogP) is 1.10. The first kappa shape index (κ1) is 94.6. The van der Waals surface area contributed by atoms with Crippen LogP contribution in [0.4, 0.5) is 0 Å². The minimum Gasteiger partial charge on any atom is -0.494 e. The van der Waals surface area contributed by atoms with Gasteiger partial charge in [-0.3, -0.25) is 63.3 Å². The number of ketones is 1. The van der Waals surface area contributed by atoms with E-state index in [0.717, 1.165) is 36.2 Å². The van der Waals surface area contributed by atoms with E-state index in [0.29, 0.717) is 25.1 Å². The molecule has 1 saturated heterocycles. The summed E-state index contributed by atoms with van der Waals surface area (Å²) < 4.78 is 38.2. The summed E-state index contributed by atoms with van der Waals surface area (Å²) >= 11 is 2.16. The van der Waals surface area contributed by atoms with Gasteiger partial charge in [0, 0.05) is 76.2 Å². The molecule has 2 saturated carbocycles. The van der Waals surface area contributed by atoms with Crippen LogP contribution in [0.1, 0.15) is 144 Å². The summed E-state index contributed by atoms with van der Waals surface area (Å²) in [5, 5.41) is 86.4. The second-order valence-corrected chi connectivity index (χ2v) is 32.8. The molecule has 16 atom stereocenters. The number of carbonyl (C=O) groups excluding carboxylic acids is 12. The zero-order chi connectivity index (χ0) is 88.1. The molecule has 3 aliphatic carbocycles. The molecule has 120 heavy (non-hydrogen) atoms. The molecule has 3 fully saturated rings. The van der Waals surface area contributed by atoms with Crippen molar-refractivity contribution in [3.8, 4) is 11.8 Å². The fraction of sp³-hybridized carbons (Fsp3) is 0.531. The van der Waals surface area contributed by atoms with Crippen LogP contribution in [-0.4, -0.2) is 237 Å². The first-order valence-corrected chi connectivity index (χ1v) is 41.8. The molecule has 2 bridgehead atoms. The van der Waals surface area contributed by atoms with Gasteiger partial charge in [0.25, 0.3) is 5.91 Å². The second kappa shape index (κ2) is 42.4.